The highest BCUT2D eigenvalue weighted by molar-refractivity contribution is 5.74. The van der Waals surface area contributed by atoms with E-state index in [1.165, 1.54) is 0 Å². The zero-order valence-electron chi connectivity index (χ0n) is 14.5. The molecule has 0 fully saturated rings. The Morgan fingerprint density at radius 2 is 1.61 bits per heavy atom. The Labute approximate surface area is 138 Å². The summed E-state index contributed by atoms with van der Waals surface area (Å²) in [6, 6.07) is 9.36. The van der Waals surface area contributed by atoms with Crippen LogP contribution in [-0.2, 0) is 11.3 Å². The highest BCUT2D eigenvalue weighted by atomic mass is 16.6. The lowest BCUT2D eigenvalue weighted by Crippen LogP contribution is -2.53. The number of amides is 3. The molecule has 0 aliphatic rings. The molecule has 6 nitrogen and oxygen atoms in total. The van der Waals surface area contributed by atoms with Crippen molar-refractivity contribution in [1.29, 1.82) is 0 Å². The summed E-state index contributed by atoms with van der Waals surface area (Å²) in [5.74, 6) is 0. The minimum Gasteiger partial charge on any atom is -0.444 e. The maximum absolute atomic E-state index is 11.8. The monoisotopic (exact) mass is 321 g/mol. The van der Waals surface area contributed by atoms with E-state index in [0.717, 1.165) is 5.56 Å². The first-order valence-electron chi connectivity index (χ1n) is 7.64. The van der Waals surface area contributed by atoms with Gasteiger partial charge in [-0.05, 0) is 40.2 Å². The van der Waals surface area contributed by atoms with E-state index < -0.39 is 17.2 Å². The first kappa shape index (κ1) is 18.8. The number of alkyl carbamates (subject to hydrolysis) is 1. The molecule has 0 unspecified atom stereocenters. The molecule has 1 aromatic carbocycles. The van der Waals surface area contributed by atoms with Crippen molar-refractivity contribution in [1.82, 2.24) is 16.0 Å². The molecule has 0 radical (unpaired) electrons. The first-order valence-corrected chi connectivity index (χ1v) is 7.64. The Bertz CT molecular complexity index is 522. The van der Waals surface area contributed by atoms with Crippen molar-refractivity contribution in [2.24, 2.45) is 0 Å². The van der Waals surface area contributed by atoms with Crippen LogP contribution < -0.4 is 16.0 Å². The second-order valence-electron chi connectivity index (χ2n) is 7.03. The van der Waals surface area contributed by atoms with Gasteiger partial charge in [0.1, 0.15) is 5.60 Å². The highest BCUT2D eigenvalue weighted by Gasteiger charge is 2.24. The van der Waals surface area contributed by atoms with Crippen LogP contribution in [-0.4, -0.2) is 29.8 Å². The number of nitrogens with one attached hydrogen (secondary N) is 3. The number of hydrogen-bond donors (Lipinski definition) is 3. The predicted molar refractivity (Wildman–Crippen MR) is 90.1 cm³/mol. The fraction of sp³-hybridized carbons (Fsp3) is 0.529. The Morgan fingerprint density at radius 1 is 1.00 bits per heavy atom. The summed E-state index contributed by atoms with van der Waals surface area (Å²) in [5.41, 5.74) is -0.152. The molecular formula is C17H27N3O3. The van der Waals surface area contributed by atoms with Gasteiger partial charge in [0.05, 0.1) is 5.54 Å². The van der Waals surface area contributed by atoms with E-state index in [4.69, 9.17) is 4.74 Å². The standard InChI is InChI=1S/C17H27N3O3/c1-16(2,3)23-15(22)20-17(4,5)12-19-14(21)18-11-13-9-7-6-8-10-13/h6-10H,11-12H2,1-5H3,(H,20,22)(H2,18,19,21). The molecule has 0 aliphatic carbocycles. The van der Waals surface area contributed by atoms with Gasteiger partial charge >= 0.3 is 12.1 Å². The SMILES string of the molecule is CC(C)(CNC(=O)NCc1ccccc1)NC(=O)OC(C)(C)C. The Balaban J connectivity index is 2.34. The van der Waals surface area contributed by atoms with Crippen molar-refractivity contribution < 1.29 is 14.3 Å². The summed E-state index contributed by atoms with van der Waals surface area (Å²) in [6.45, 7) is 9.76. The van der Waals surface area contributed by atoms with Crippen LogP contribution >= 0.6 is 0 Å². The molecule has 0 heterocycles. The van der Waals surface area contributed by atoms with Crippen molar-refractivity contribution in [3.05, 3.63) is 35.9 Å². The molecule has 0 saturated heterocycles. The largest absolute Gasteiger partial charge is 0.444 e. The molecule has 128 valence electrons. The Hall–Kier alpha value is -2.24. The molecule has 1 aromatic rings. The van der Waals surface area contributed by atoms with Crippen molar-refractivity contribution in [3.8, 4) is 0 Å². The van der Waals surface area contributed by atoms with Gasteiger partial charge in [0, 0.05) is 13.1 Å². The molecule has 3 N–H and O–H groups in total. The van der Waals surface area contributed by atoms with Gasteiger partial charge < -0.3 is 20.7 Å². The second kappa shape index (κ2) is 7.85. The summed E-state index contributed by atoms with van der Waals surface area (Å²) in [4.78, 5) is 23.6. The zero-order chi connectivity index (χ0) is 17.5. The average molecular weight is 321 g/mol. The Morgan fingerprint density at radius 3 is 2.17 bits per heavy atom. The minimum absolute atomic E-state index is 0.284. The van der Waals surface area contributed by atoms with Gasteiger partial charge in [0.15, 0.2) is 0 Å². The van der Waals surface area contributed by atoms with Crippen molar-refractivity contribution in [3.63, 3.8) is 0 Å². The first-order chi connectivity index (χ1) is 10.6. The smallest absolute Gasteiger partial charge is 0.408 e. The Kier molecular flexibility index (Phi) is 6.42. The van der Waals surface area contributed by atoms with Gasteiger partial charge in [-0.3, -0.25) is 0 Å². The molecule has 0 bridgehead atoms. The average Bonchev–Trinajstić information content (AvgIpc) is 2.41. The molecule has 0 saturated carbocycles. The van der Waals surface area contributed by atoms with Crippen molar-refractivity contribution >= 4 is 12.1 Å². The van der Waals surface area contributed by atoms with Gasteiger partial charge in [0.25, 0.3) is 0 Å². The number of carbonyl (C=O) groups is 2. The lowest BCUT2D eigenvalue weighted by Gasteiger charge is -2.28. The number of ether oxygens (including phenoxy) is 1. The third kappa shape index (κ3) is 8.70. The van der Waals surface area contributed by atoms with E-state index in [9.17, 15) is 9.59 Å². The van der Waals surface area contributed by atoms with E-state index in [1.54, 1.807) is 20.8 Å². The van der Waals surface area contributed by atoms with Crippen molar-refractivity contribution in [2.75, 3.05) is 6.54 Å². The summed E-state index contributed by atoms with van der Waals surface area (Å²) in [6.07, 6.45) is -0.506. The zero-order valence-corrected chi connectivity index (χ0v) is 14.5. The fourth-order valence-corrected chi connectivity index (χ4v) is 1.77. The van der Waals surface area contributed by atoms with E-state index in [0.29, 0.717) is 6.54 Å². The third-order valence-electron chi connectivity index (χ3n) is 2.83. The lowest BCUT2D eigenvalue weighted by molar-refractivity contribution is 0.0472. The van der Waals surface area contributed by atoms with Crippen LogP contribution in [0, 0.1) is 0 Å². The molecule has 0 spiro atoms. The van der Waals surface area contributed by atoms with Crippen LogP contribution in [0.1, 0.15) is 40.2 Å². The second-order valence-corrected chi connectivity index (χ2v) is 7.03. The maximum atomic E-state index is 11.8. The van der Waals surface area contributed by atoms with E-state index in [2.05, 4.69) is 16.0 Å². The molecule has 1 rings (SSSR count). The molecule has 3 amide bonds. The van der Waals surface area contributed by atoms with E-state index in [1.807, 2.05) is 44.2 Å². The van der Waals surface area contributed by atoms with Gasteiger partial charge in [-0.1, -0.05) is 30.3 Å². The van der Waals surface area contributed by atoms with Crippen LogP contribution in [0.5, 0.6) is 0 Å². The minimum atomic E-state index is -0.619. The summed E-state index contributed by atoms with van der Waals surface area (Å²) in [7, 11) is 0. The molecule has 0 aromatic heterocycles. The van der Waals surface area contributed by atoms with Crippen molar-refractivity contribution in [2.45, 2.75) is 52.3 Å². The molecule has 6 heteroatoms. The van der Waals surface area contributed by atoms with E-state index in [-0.39, 0.29) is 12.6 Å². The van der Waals surface area contributed by atoms with Crippen LogP contribution in [0.3, 0.4) is 0 Å². The molecule has 0 atom stereocenters. The predicted octanol–water partition coefficient (Wildman–Crippen LogP) is 2.79. The molecule has 23 heavy (non-hydrogen) atoms. The van der Waals surface area contributed by atoms with Crippen LogP contribution in [0.25, 0.3) is 0 Å². The van der Waals surface area contributed by atoms with Crippen LogP contribution in [0.2, 0.25) is 0 Å². The number of carbonyl (C=O) groups excluding carboxylic acids is 2. The summed E-state index contributed by atoms with van der Waals surface area (Å²) >= 11 is 0. The summed E-state index contributed by atoms with van der Waals surface area (Å²) < 4.78 is 5.21. The van der Waals surface area contributed by atoms with E-state index >= 15 is 0 Å². The fourth-order valence-electron chi connectivity index (χ4n) is 1.77. The van der Waals surface area contributed by atoms with Gasteiger partial charge in [-0.25, -0.2) is 9.59 Å². The maximum Gasteiger partial charge on any atom is 0.408 e. The normalized spacial score (nSPS) is 11.5. The summed E-state index contributed by atoms with van der Waals surface area (Å²) in [5, 5.41) is 8.25. The lowest BCUT2D eigenvalue weighted by atomic mass is 10.1. The topological polar surface area (TPSA) is 79.5 Å². The van der Waals surface area contributed by atoms with Crippen LogP contribution in [0.4, 0.5) is 9.59 Å². The highest BCUT2D eigenvalue weighted by Crippen LogP contribution is 2.09. The number of hydrogen-bond acceptors (Lipinski definition) is 3. The molecular weight excluding hydrogens is 294 g/mol. The number of urea groups is 1. The number of rotatable bonds is 5. The van der Waals surface area contributed by atoms with Gasteiger partial charge in [0.2, 0.25) is 0 Å². The number of benzene rings is 1. The van der Waals surface area contributed by atoms with Crippen LogP contribution in [0.15, 0.2) is 30.3 Å². The quantitative estimate of drug-likeness (QED) is 0.780. The van der Waals surface area contributed by atoms with Gasteiger partial charge in [-0.2, -0.15) is 0 Å². The van der Waals surface area contributed by atoms with Gasteiger partial charge in [-0.15, -0.1) is 0 Å². The molecule has 0 aliphatic heterocycles. The third-order valence-corrected chi connectivity index (χ3v) is 2.83.